The quantitative estimate of drug-likeness (QED) is 0.744. The molecule has 0 bridgehead atoms. The number of amides is 1. The summed E-state index contributed by atoms with van der Waals surface area (Å²) in [5, 5.41) is 2.77. The Labute approximate surface area is 143 Å². The van der Waals surface area contributed by atoms with Crippen LogP contribution in [0.25, 0.3) is 10.2 Å². The zero-order chi connectivity index (χ0) is 16.8. The number of ether oxygens (including phenoxy) is 1. The highest BCUT2D eigenvalue weighted by Gasteiger charge is 2.06. The van der Waals surface area contributed by atoms with Gasteiger partial charge in [0.25, 0.3) is 5.91 Å². The van der Waals surface area contributed by atoms with Crippen LogP contribution in [-0.2, 0) is 0 Å². The molecule has 1 N–H and O–H groups in total. The number of nitrogens with one attached hydrogen (secondary N) is 1. The second-order valence-corrected chi connectivity index (χ2v) is 5.88. The third-order valence-electron chi connectivity index (χ3n) is 3.25. The molecule has 0 aliphatic heterocycles. The van der Waals surface area contributed by atoms with Crippen LogP contribution in [0.3, 0.4) is 0 Å². The molecule has 0 atom stereocenters. The third-order valence-corrected chi connectivity index (χ3v) is 4.04. The van der Waals surface area contributed by atoms with E-state index in [1.54, 1.807) is 17.8 Å². The van der Waals surface area contributed by atoms with Gasteiger partial charge in [-0.1, -0.05) is 11.8 Å². The Morgan fingerprint density at radius 1 is 1.25 bits per heavy atom. The molecule has 0 radical (unpaired) electrons. The van der Waals surface area contributed by atoms with Crippen LogP contribution >= 0.6 is 11.3 Å². The van der Waals surface area contributed by atoms with E-state index in [4.69, 9.17) is 4.74 Å². The fourth-order valence-electron chi connectivity index (χ4n) is 2.00. The Morgan fingerprint density at radius 3 is 3.00 bits per heavy atom. The van der Waals surface area contributed by atoms with Gasteiger partial charge in [-0.2, -0.15) is 0 Å². The molecule has 0 unspecified atom stereocenters. The Hall–Kier alpha value is -2.91. The molecule has 2 aromatic heterocycles. The van der Waals surface area contributed by atoms with Gasteiger partial charge in [0.05, 0.1) is 28.5 Å². The highest BCUT2D eigenvalue weighted by Crippen LogP contribution is 2.18. The van der Waals surface area contributed by atoms with Crippen LogP contribution < -0.4 is 10.1 Å². The van der Waals surface area contributed by atoms with Gasteiger partial charge in [-0.15, -0.1) is 11.3 Å². The predicted octanol–water partition coefficient (Wildman–Crippen LogP) is 2.81. The first-order chi connectivity index (χ1) is 11.7. The van der Waals surface area contributed by atoms with E-state index in [1.807, 2.05) is 31.2 Å². The number of fused-ring (bicyclic) bond motifs is 1. The molecule has 24 heavy (non-hydrogen) atoms. The molecular weight excluding hydrogens is 322 g/mol. The first kappa shape index (κ1) is 16.0. The number of rotatable bonds is 4. The molecule has 0 aliphatic rings. The van der Waals surface area contributed by atoms with Crippen molar-refractivity contribution in [3.05, 3.63) is 53.3 Å². The molecule has 3 rings (SSSR count). The molecule has 6 heteroatoms. The minimum atomic E-state index is -0.150. The van der Waals surface area contributed by atoms with E-state index >= 15 is 0 Å². The Kier molecular flexibility index (Phi) is 5.04. The van der Waals surface area contributed by atoms with E-state index in [9.17, 15) is 4.79 Å². The largest absolute Gasteiger partial charge is 0.479 e. The number of benzene rings is 1. The lowest BCUT2D eigenvalue weighted by atomic mass is 10.2. The summed E-state index contributed by atoms with van der Waals surface area (Å²) >= 11 is 1.51. The normalized spacial score (nSPS) is 10.0. The van der Waals surface area contributed by atoms with Crippen molar-refractivity contribution < 1.29 is 9.53 Å². The van der Waals surface area contributed by atoms with Crippen molar-refractivity contribution in [1.29, 1.82) is 0 Å². The van der Waals surface area contributed by atoms with Crippen molar-refractivity contribution in [1.82, 2.24) is 15.3 Å². The summed E-state index contributed by atoms with van der Waals surface area (Å²) in [6.07, 6.45) is 1.66. The van der Waals surface area contributed by atoms with E-state index in [1.165, 1.54) is 11.3 Å². The summed E-state index contributed by atoms with van der Waals surface area (Å²) in [4.78, 5) is 20.4. The zero-order valence-electron chi connectivity index (χ0n) is 13.1. The summed E-state index contributed by atoms with van der Waals surface area (Å²) in [5.41, 5.74) is 4.21. The van der Waals surface area contributed by atoms with Crippen LogP contribution in [0.5, 0.6) is 5.75 Å². The van der Waals surface area contributed by atoms with E-state index in [0.717, 1.165) is 15.9 Å². The first-order valence-corrected chi connectivity index (χ1v) is 8.23. The summed E-state index contributed by atoms with van der Waals surface area (Å²) in [5.74, 6) is 6.25. The van der Waals surface area contributed by atoms with E-state index in [-0.39, 0.29) is 19.1 Å². The second kappa shape index (κ2) is 7.57. The van der Waals surface area contributed by atoms with Crippen LogP contribution in [0, 0.1) is 18.8 Å². The fourth-order valence-corrected chi connectivity index (χ4v) is 2.71. The molecule has 1 amide bonds. The van der Waals surface area contributed by atoms with Crippen molar-refractivity contribution in [3.63, 3.8) is 0 Å². The van der Waals surface area contributed by atoms with E-state index in [0.29, 0.717) is 11.3 Å². The molecule has 0 saturated carbocycles. The molecule has 5 nitrogen and oxygen atoms in total. The molecule has 0 spiro atoms. The van der Waals surface area contributed by atoms with Gasteiger partial charge in [0.15, 0.2) is 0 Å². The number of aromatic nitrogens is 2. The van der Waals surface area contributed by atoms with Gasteiger partial charge in [-0.25, -0.2) is 4.98 Å². The smallest absolute Gasteiger partial charge is 0.252 e. The van der Waals surface area contributed by atoms with Crippen molar-refractivity contribution in [2.45, 2.75) is 6.92 Å². The van der Waals surface area contributed by atoms with Crippen LogP contribution in [0.15, 0.2) is 42.0 Å². The first-order valence-electron chi connectivity index (χ1n) is 7.35. The summed E-state index contributed by atoms with van der Waals surface area (Å²) in [6.45, 7) is 2.45. The predicted molar refractivity (Wildman–Crippen MR) is 94.2 cm³/mol. The monoisotopic (exact) mass is 337 g/mol. The lowest BCUT2D eigenvalue weighted by molar-refractivity contribution is 0.0959. The van der Waals surface area contributed by atoms with Gasteiger partial charge in [0.1, 0.15) is 12.4 Å². The summed E-state index contributed by atoms with van der Waals surface area (Å²) in [7, 11) is 0. The van der Waals surface area contributed by atoms with E-state index in [2.05, 4.69) is 27.1 Å². The highest BCUT2D eigenvalue weighted by atomic mass is 32.1. The lowest BCUT2D eigenvalue weighted by Crippen LogP contribution is -2.23. The number of aryl methyl sites for hydroxylation is 1. The molecule has 120 valence electrons. The van der Waals surface area contributed by atoms with Crippen LogP contribution in [0.1, 0.15) is 16.1 Å². The lowest BCUT2D eigenvalue weighted by Gasteiger charge is -2.02. The van der Waals surface area contributed by atoms with Crippen molar-refractivity contribution >= 4 is 27.5 Å². The van der Waals surface area contributed by atoms with Crippen LogP contribution in [0.2, 0.25) is 0 Å². The minimum absolute atomic E-state index is 0.150. The van der Waals surface area contributed by atoms with Gasteiger partial charge >= 0.3 is 0 Å². The molecule has 0 saturated heterocycles. The number of hydrogen-bond donors (Lipinski definition) is 1. The molecule has 3 aromatic rings. The maximum absolute atomic E-state index is 12.1. The highest BCUT2D eigenvalue weighted by molar-refractivity contribution is 7.16. The standard InChI is InChI=1S/C18H15N3O2S/c1-13-4-6-15(11-20-13)23-9-3-2-8-19-18(22)14-5-7-16-17(10-14)24-12-21-16/h4-7,10-12H,8-9H2,1H3,(H,19,22). The zero-order valence-corrected chi connectivity index (χ0v) is 13.9. The Bertz CT molecular complexity index is 907. The van der Waals surface area contributed by atoms with Crippen molar-refractivity contribution in [2.24, 2.45) is 0 Å². The van der Waals surface area contributed by atoms with Crippen molar-refractivity contribution in [3.8, 4) is 17.6 Å². The number of carbonyl (C=O) groups excluding carboxylic acids is 1. The van der Waals surface area contributed by atoms with Crippen molar-refractivity contribution in [2.75, 3.05) is 13.2 Å². The topological polar surface area (TPSA) is 64.1 Å². The third kappa shape index (κ3) is 4.09. The average Bonchev–Trinajstić information content (AvgIpc) is 3.07. The minimum Gasteiger partial charge on any atom is -0.479 e. The molecule has 2 heterocycles. The van der Waals surface area contributed by atoms with Gasteiger partial charge in [-0.3, -0.25) is 9.78 Å². The summed E-state index contributed by atoms with van der Waals surface area (Å²) in [6, 6.07) is 9.17. The van der Waals surface area contributed by atoms with Gasteiger partial charge in [0.2, 0.25) is 0 Å². The number of carbonyl (C=O) groups is 1. The Morgan fingerprint density at radius 2 is 2.17 bits per heavy atom. The number of thiazole rings is 1. The van der Waals surface area contributed by atoms with Gasteiger partial charge in [-0.05, 0) is 37.3 Å². The van der Waals surface area contributed by atoms with Gasteiger partial charge < -0.3 is 10.1 Å². The fraction of sp³-hybridized carbons (Fsp3) is 0.167. The van der Waals surface area contributed by atoms with Crippen LogP contribution in [-0.4, -0.2) is 29.0 Å². The SMILES string of the molecule is Cc1ccc(OCC#CCNC(=O)c2ccc3ncsc3c2)cn1. The molecule has 0 fully saturated rings. The summed E-state index contributed by atoms with van der Waals surface area (Å²) < 4.78 is 6.43. The average molecular weight is 337 g/mol. The Balaban J connectivity index is 1.46. The maximum Gasteiger partial charge on any atom is 0.252 e. The number of nitrogens with zero attached hydrogens (tertiary/aromatic N) is 2. The van der Waals surface area contributed by atoms with E-state index < -0.39 is 0 Å². The molecular formula is C18H15N3O2S. The molecule has 0 aliphatic carbocycles. The number of pyridine rings is 1. The number of hydrogen-bond acceptors (Lipinski definition) is 5. The maximum atomic E-state index is 12.1. The molecule has 1 aromatic carbocycles. The van der Waals surface area contributed by atoms with Crippen LogP contribution in [0.4, 0.5) is 0 Å². The van der Waals surface area contributed by atoms with Gasteiger partial charge in [0, 0.05) is 11.3 Å². The second-order valence-electron chi connectivity index (χ2n) is 5.00.